The van der Waals surface area contributed by atoms with Crippen LogP contribution in [-0.4, -0.2) is 17.1 Å². The summed E-state index contributed by atoms with van der Waals surface area (Å²) in [6.45, 7) is 3.91. The number of aliphatic hydroxyl groups is 1. The Balaban J connectivity index is 3.27. The highest BCUT2D eigenvalue weighted by Gasteiger charge is 2.19. The minimum absolute atomic E-state index is 0.367. The van der Waals surface area contributed by atoms with Gasteiger partial charge in [0.15, 0.2) is 0 Å². The Bertz CT molecular complexity index is 241. The number of nitrogens with two attached hydrogens (primary N) is 1. The Morgan fingerprint density at radius 3 is 1.57 bits per heavy atom. The van der Waals surface area contributed by atoms with Crippen molar-refractivity contribution in [3.05, 3.63) is 0 Å². The second-order valence-corrected chi connectivity index (χ2v) is 6.43. The number of unbranched alkanes of at least 4 members (excludes halogenated alkanes) is 11. The SMILES string of the molecule is CCCCCCCCCCCCCCC(C(N)=O)C(C)O. The van der Waals surface area contributed by atoms with Gasteiger partial charge in [0.1, 0.15) is 0 Å². The Hall–Kier alpha value is -0.570. The number of carbonyl (C=O) groups is 1. The molecule has 21 heavy (non-hydrogen) atoms. The molecule has 0 fully saturated rings. The molecular weight excluding hydrogens is 262 g/mol. The normalized spacial score (nSPS) is 14.0. The molecule has 0 saturated heterocycles. The van der Waals surface area contributed by atoms with Crippen molar-refractivity contribution in [1.82, 2.24) is 0 Å². The van der Waals surface area contributed by atoms with Crippen LogP contribution in [-0.2, 0) is 4.79 Å². The predicted molar refractivity (Wildman–Crippen MR) is 90.1 cm³/mol. The van der Waals surface area contributed by atoms with E-state index in [0.29, 0.717) is 0 Å². The molecule has 3 N–H and O–H groups in total. The van der Waals surface area contributed by atoms with Crippen LogP contribution in [0.25, 0.3) is 0 Å². The lowest BCUT2D eigenvalue weighted by Gasteiger charge is -2.15. The van der Waals surface area contributed by atoms with Gasteiger partial charge in [0.05, 0.1) is 12.0 Å². The first-order valence-corrected chi connectivity index (χ1v) is 9.07. The largest absolute Gasteiger partial charge is 0.393 e. The van der Waals surface area contributed by atoms with Gasteiger partial charge in [-0.3, -0.25) is 4.79 Å². The molecule has 0 aliphatic heterocycles. The molecule has 0 aliphatic carbocycles. The highest BCUT2D eigenvalue weighted by atomic mass is 16.3. The van der Waals surface area contributed by atoms with Crippen LogP contribution in [0, 0.1) is 5.92 Å². The predicted octanol–water partition coefficient (Wildman–Crippen LogP) is 4.56. The van der Waals surface area contributed by atoms with Gasteiger partial charge in [0, 0.05) is 0 Å². The van der Waals surface area contributed by atoms with E-state index in [-0.39, 0.29) is 11.8 Å². The van der Waals surface area contributed by atoms with E-state index in [1.807, 2.05) is 0 Å². The third kappa shape index (κ3) is 12.9. The third-order valence-corrected chi connectivity index (χ3v) is 4.32. The van der Waals surface area contributed by atoms with E-state index in [1.54, 1.807) is 6.92 Å². The van der Waals surface area contributed by atoms with Crippen LogP contribution in [0.3, 0.4) is 0 Å². The second kappa shape index (κ2) is 14.4. The van der Waals surface area contributed by atoms with Crippen LogP contribution in [0.15, 0.2) is 0 Å². The second-order valence-electron chi connectivity index (χ2n) is 6.43. The highest BCUT2D eigenvalue weighted by molar-refractivity contribution is 5.77. The van der Waals surface area contributed by atoms with E-state index >= 15 is 0 Å². The molecule has 3 nitrogen and oxygen atoms in total. The molecule has 0 aromatic carbocycles. The first-order chi connectivity index (χ1) is 10.1. The van der Waals surface area contributed by atoms with Gasteiger partial charge in [-0.2, -0.15) is 0 Å². The molecule has 1 amide bonds. The number of hydrogen-bond acceptors (Lipinski definition) is 2. The molecule has 0 aliphatic rings. The molecule has 0 aromatic rings. The van der Waals surface area contributed by atoms with Gasteiger partial charge in [-0.1, -0.05) is 84.0 Å². The smallest absolute Gasteiger partial charge is 0.223 e. The van der Waals surface area contributed by atoms with Gasteiger partial charge in [-0.25, -0.2) is 0 Å². The van der Waals surface area contributed by atoms with Gasteiger partial charge in [-0.15, -0.1) is 0 Å². The Labute approximate surface area is 131 Å². The summed E-state index contributed by atoms with van der Waals surface area (Å²) in [6, 6.07) is 0. The lowest BCUT2D eigenvalue weighted by atomic mass is 9.95. The molecule has 3 heteroatoms. The maximum Gasteiger partial charge on any atom is 0.223 e. The molecule has 2 unspecified atom stereocenters. The van der Waals surface area contributed by atoms with Crippen LogP contribution >= 0.6 is 0 Å². The van der Waals surface area contributed by atoms with Gasteiger partial charge >= 0.3 is 0 Å². The average Bonchev–Trinajstić information content (AvgIpc) is 2.43. The Kier molecular flexibility index (Phi) is 14.0. The van der Waals surface area contributed by atoms with Crippen molar-refractivity contribution in [3.8, 4) is 0 Å². The van der Waals surface area contributed by atoms with Crippen molar-refractivity contribution in [1.29, 1.82) is 0 Å². The topological polar surface area (TPSA) is 63.3 Å². The summed E-state index contributed by atoms with van der Waals surface area (Å²) in [5.74, 6) is -0.735. The van der Waals surface area contributed by atoms with Crippen LogP contribution in [0.4, 0.5) is 0 Å². The van der Waals surface area contributed by atoms with Gasteiger partial charge in [0.25, 0.3) is 0 Å². The first kappa shape index (κ1) is 20.4. The van der Waals surface area contributed by atoms with Gasteiger partial charge in [-0.05, 0) is 13.3 Å². The fraction of sp³-hybridized carbons (Fsp3) is 0.944. The van der Waals surface area contributed by atoms with Crippen molar-refractivity contribution in [2.75, 3.05) is 0 Å². The standard InChI is InChI=1S/C18H37NO2/c1-3-4-5-6-7-8-9-10-11-12-13-14-15-17(16(2)20)18(19)21/h16-17,20H,3-15H2,1-2H3,(H2,19,21). The summed E-state index contributed by atoms with van der Waals surface area (Å²) in [6.07, 6.45) is 15.8. The van der Waals surface area contributed by atoms with Crippen molar-refractivity contribution in [3.63, 3.8) is 0 Å². The quantitative estimate of drug-likeness (QED) is 0.435. The maximum absolute atomic E-state index is 11.1. The Morgan fingerprint density at radius 1 is 0.857 bits per heavy atom. The zero-order valence-electron chi connectivity index (χ0n) is 14.3. The molecule has 0 saturated carbocycles. The summed E-state index contributed by atoms with van der Waals surface area (Å²) < 4.78 is 0. The fourth-order valence-electron chi connectivity index (χ4n) is 2.83. The van der Waals surface area contributed by atoms with Crippen LogP contribution in [0.2, 0.25) is 0 Å². The first-order valence-electron chi connectivity index (χ1n) is 9.07. The molecule has 0 bridgehead atoms. The molecule has 0 rings (SSSR count). The maximum atomic E-state index is 11.1. The lowest BCUT2D eigenvalue weighted by Crippen LogP contribution is -2.31. The van der Waals surface area contributed by atoms with Gasteiger partial charge in [0.2, 0.25) is 5.91 Å². The minimum Gasteiger partial charge on any atom is -0.393 e. The monoisotopic (exact) mass is 299 g/mol. The van der Waals surface area contributed by atoms with Gasteiger partial charge < -0.3 is 10.8 Å². The highest BCUT2D eigenvalue weighted by Crippen LogP contribution is 2.16. The Morgan fingerprint density at radius 2 is 1.24 bits per heavy atom. The lowest BCUT2D eigenvalue weighted by molar-refractivity contribution is -0.125. The summed E-state index contributed by atoms with van der Waals surface area (Å²) in [7, 11) is 0. The van der Waals surface area contributed by atoms with Crippen molar-refractivity contribution in [2.45, 2.75) is 103 Å². The molecule has 2 atom stereocenters. The van der Waals surface area contributed by atoms with Crippen molar-refractivity contribution < 1.29 is 9.90 Å². The molecule has 0 aromatic heterocycles. The van der Waals surface area contributed by atoms with E-state index in [4.69, 9.17) is 5.73 Å². The number of primary amides is 1. The average molecular weight is 299 g/mol. The number of amides is 1. The zero-order chi connectivity index (χ0) is 15.9. The van der Waals surface area contributed by atoms with Crippen molar-refractivity contribution >= 4 is 5.91 Å². The van der Waals surface area contributed by atoms with Crippen LogP contribution in [0.5, 0.6) is 0 Å². The number of aliphatic hydroxyl groups excluding tert-OH is 1. The number of carbonyl (C=O) groups excluding carboxylic acids is 1. The molecule has 0 heterocycles. The summed E-state index contributed by atoms with van der Waals surface area (Å²) >= 11 is 0. The van der Waals surface area contributed by atoms with E-state index < -0.39 is 6.10 Å². The van der Waals surface area contributed by atoms with Crippen LogP contribution in [0.1, 0.15) is 97.3 Å². The molecular formula is C18H37NO2. The summed E-state index contributed by atoms with van der Waals surface area (Å²) in [5, 5.41) is 9.46. The molecule has 0 radical (unpaired) electrons. The van der Waals surface area contributed by atoms with E-state index in [0.717, 1.165) is 19.3 Å². The van der Waals surface area contributed by atoms with E-state index in [1.165, 1.54) is 64.2 Å². The molecule has 126 valence electrons. The minimum atomic E-state index is -0.616. The third-order valence-electron chi connectivity index (χ3n) is 4.32. The fourth-order valence-corrected chi connectivity index (χ4v) is 2.83. The van der Waals surface area contributed by atoms with Crippen LogP contribution < -0.4 is 5.73 Å². The number of rotatable bonds is 15. The zero-order valence-corrected chi connectivity index (χ0v) is 14.3. The van der Waals surface area contributed by atoms with E-state index in [2.05, 4.69) is 6.92 Å². The molecule has 0 spiro atoms. The summed E-state index contributed by atoms with van der Waals surface area (Å²) in [4.78, 5) is 11.1. The van der Waals surface area contributed by atoms with Crippen molar-refractivity contribution in [2.24, 2.45) is 11.7 Å². The number of hydrogen-bond donors (Lipinski definition) is 2. The summed E-state index contributed by atoms with van der Waals surface area (Å²) in [5.41, 5.74) is 5.28. The van der Waals surface area contributed by atoms with E-state index in [9.17, 15) is 9.90 Å².